The van der Waals surface area contributed by atoms with Crippen molar-refractivity contribution in [2.75, 3.05) is 33.2 Å². The van der Waals surface area contributed by atoms with Gasteiger partial charge in [0, 0.05) is 36.8 Å². The summed E-state index contributed by atoms with van der Waals surface area (Å²) >= 11 is 5.85. The molecule has 1 aliphatic heterocycles. The average Bonchev–Trinajstić information content (AvgIpc) is 2.41. The van der Waals surface area contributed by atoms with Crippen molar-refractivity contribution in [1.82, 2.24) is 9.80 Å². The first-order chi connectivity index (χ1) is 9.06. The van der Waals surface area contributed by atoms with Crippen molar-refractivity contribution in [2.45, 2.75) is 6.92 Å². The number of nitrogens with zero attached hydrogens (tertiary/aromatic N) is 2. The molecule has 0 bridgehead atoms. The average molecular weight is 279 g/mol. The highest BCUT2D eigenvalue weighted by Crippen LogP contribution is 2.14. The molecular weight excluding hydrogens is 260 g/mol. The van der Waals surface area contributed by atoms with Crippen molar-refractivity contribution >= 4 is 23.6 Å². The van der Waals surface area contributed by atoms with Gasteiger partial charge in [-0.15, -0.1) is 0 Å². The number of hydrogen-bond donors (Lipinski definition) is 0. The summed E-state index contributed by atoms with van der Waals surface area (Å²) in [5.41, 5.74) is 1.77. The van der Waals surface area contributed by atoms with E-state index in [1.807, 2.05) is 42.2 Å². The van der Waals surface area contributed by atoms with Gasteiger partial charge in [0.15, 0.2) is 0 Å². The van der Waals surface area contributed by atoms with Crippen LogP contribution in [0, 0.1) is 0 Å². The largest absolute Gasteiger partial charge is 0.336 e. The molecule has 0 spiro atoms. The summed E-state index contributed by atoms with van der Waals surface area (Å²) in [4.78, 5) is 16.4. The number of amides is 1. The minimum absolute atomic E-state index is 0.128. The van der Waals surface area contributed by atoms with E-state index in [1.54, 1.807) is 0 Å². The number of likely N-dealkylation sites (N-methyl/N-ethyl adjacent to an activating group) is 1. The summed E-state index contributed by atoms with van der Waals surface area (Å²) in [6, 6.07) is 7.51. The van der Waals surface area contributed by atoms with Gasteiger partial charge in [-0.2, -0.15) is 0 Å². The molecule has 1 fully saturated rings. The van der Waals surface area contributed by atoms with Gasteiger partial charge in [-0.3, -0.25) is 4.79 Å². The van der Waals surface area contributed by atoms with Crippen molar-refractivity contribution in [3.63, 3.8) is 0 Å². The molecule has 2 rings (SSSR count). The number of piperazine rings is 1. The van der Waals surface area contributed by atoms with Crippen molar-refractivity contribution < 1.29 is 4.79 Å². The second-order valence-electron chi connectivity index (χ2n) is 4.97. The lowest BCUT2D eigenvalue weighted by atomic mass is 10.1. The van der Waals surface area contributed by atoms with E-state index in [0.29, 0.717) is 5.02 Å². The SMILES string of the molecule is CC(=Cc1ccc(Cl)cc1)C(=O)N1CCN(C)CC1. The van der Waals surface area contributed by atoms with Gasteiger partial charge in [-0.1, -0.05) is 23.7 Å². The molecule has 0 saturated carbocycles. The number of benzene rings is 1. The molecule has 4 heteroatoms. The molecule has 1 amide bonds. The molecule has 19 heavy (non-hydrogen) atoms. The number of carbonyl (C=O) groups excluding carboxylic acids is 1. The summed E-state index contributed by atoms with van der Waals surface area (Å²) < 4.78 is 0. The smallest absolute Gasteiger partial charge is 0.249 e. The Morgan fingerprint density at radius 2 is 1.74 bits per heavy atom. The fraction of sp³-hybridized carbons (Fsp3) is 0.400. The Morgan fingerprint density at radius 3 is 2.32 bits per heavy atom. The molecule has 1 aromatic carbocycles. The molecule has 0 unspecified atom stereocenters. The first kappa shape index (κ1) is 14.1. The Balaban J connectivity index is 2.04. The zero-order valence-electron chi connectivity index (χ0n) is 11.4. The Bertz CT molecular complexity index is 473. The summed E-state index contributed by atoms with van der Waals surface area (Å²) in [5, 5.41) is 0.709. The Labute approximate surface area is 119 Å². The van der Waals surface area contributed by atoms with E-state index in [2.05, 4.69) is 11.9 Å². The maximum atomic E-state index is 12.3. The monoisotopic (exact) mass is 278 g/mol. The van der Waals surface area contributed by atoms with Crippen LogP contribution >= 0.6 is 11.6 Å². The minimum Gasteiger partial charge on any atom is -0.336 e. The molecule has 0 radical (unpaired) electrons. The molecule has 0 aliphatic carbocycles. The third-order valence-corrected chi connectivity index (χ3v) is 3.63. The van der Waals surface area contributed by atoms with Crippen LogP contribution in [0.1, 0.15) is 12.5 Å². The van der Waals surface area contributed by atoms with Crippen molar-refractivity contribution in [2.24, 2.45) is 0 Å². The van der Waals surface area contributed by atoms with Crippen LogP contribution in [0.15, 0.2) is 29.8 Å². The van der Waals surface area contributed by atoms with E-state index in [-0.39, 0.29) is 5.91 Å². The van der Waals surface area contributed by atoms with Gasteiger partial charge in [0.1, 0.15) is 0 Å². The third kappa shape index (κ3) is 3.82. The van der Waals surface area contributed by atoms with Gasteiger partial charge in [0.25, 0.3) is 0 Å². The first-order valence-electron chi connectivity index (χ1n) is 6.48. The first-order valence-corrected chi connectivity index (χ1v) is 6.86. The minimum atomic E-state index is 0.128. The maximum Gasteiger partial charge on any atom is 0.249 e. The van der Waals surface area contributed by atoms with Gasteiger partial charge in [-0.25, -0.2) is 0 Å². The van der Waals surface area contributed by atoms with Crippen LogP contribution in [0.3, 0.4) is 0 Å². The van der Waals surface area contributed by atoms with Crippen LogP contribution in [0.2, 0.25) is 5.02 Å². The summed E-state index contributed by atoms with van der Waals surface area (Å²) in [6.45, 7) is 5.37. The highest BCUT2D eigenvalue weighted by atomic mass is 35.5. The lowest BCUT2D eigenvalue weighted by Crippen LogP contribution is -2.47. The van der Waals surface area contributed by atoms with E-state index >= 15 is 0 Å². The second kappa shape index (κ2) is 6.22. The molecule has 3 nitrogen and oxygen atoms in total. The Kier molecular flexibility index (Phi) is 4.61. The molecular formula is C15H19ClN2O. The summed E-state index contributed by atoms with van der Waals surface area (Å²) in [5.74, 6) is 0.128. The second-order valence-corrected chi connectivity index (χ2v) is 5.41. The summed E-state index contributed by atoms with van der Waals surface area (Å²) in [6.07, 6.45) is 1.91. The third-order valence-electron chi connectivity index (χ3n) is 3.38. The van der Waals surface area contributed by atoms with Crippen LogP contribution in [0.4, 0.5) is 0 Å². The van der Waals surface area contributed by atoms with Gasteiger partial charge >= 0.3 is 0 Å². The highest BCUT2D eigenvalue weighted by molar-refractivity contribution is 6.30. The van der Waals surface area contributed by atoms with Crippen LogP contribution < -0.4 is 0 Å². The van der Waals surface area contributed by atoms with Gasteiger partial charge in [-0.05, 0) is 37.7 Å². The van der Waals surface area contributed by atoms with Gasteiger partial charge < -0.3 is 9.80 Å². The number of hydrogen-bond acceptors (Lipinski definition) is 2. The molecule has 1 heterocycles. The highest BCUT2D eigenvalue weighted by Gasteiger charge is 2.19. The molecule has 1 saturated heterocycles. The Morgan fingerprint density at radius 1 is 1.16 bits per heavy atom. The number of carbonyl (C=O) groups is 1. The standard InChI is InChI=1S/C15H19ClN2O/c1-12(11-13-3-5-14(16)6-4-13)15(19)18-9-7-17(2)8-10-18/h3-6,11H,7-10H2,1-2H3. The molecule has 1 aliphatic rings. The molecule has 102 valence electrons. The molecule has 0 atom stereocenters. The van der Waals surface area contributed by atoms with Gasteiger partial charge in [0.2, 0.25) is 5.91 Å². The lowest BCUT2D eigenvalue weighted by molar-refractivity contribution is -0.128. The Hall–Kier alpha value is -1.32. The fourth-order valence-electron chi connectivity index (χ4n) is 2.13. The van der Waals surface area contributed by atoms with Crippen LogP contribution in [-0.2, 0) is 4.79 Å². The van der Waals surface area contributed by atoms with Crippen LogP contribution in [0.5, 0.6) is 0 Å². The predicted molar refractivity (Wildman–Crippen MR) is 79.2 cm³/mol. The van der Waals surface area contributed by atoms with Crippen LogP contribution in [-0.4, -0.2) is 48.9 Å². The molecule has 0 aromatic heterocycles. The van der Waals surface area contributed by atoms with E-state index in [9.17, 15) is 4.79 Å². The summed E-state index contributed by atoms with van der Waals surface area (Å²) in [7, 11) is 2.08. The lowest BCUT2D eigenvalue weighted by Gasteiger charge is -2.32. The van der Waals surface area contributed by atoms with E-state index in [1.165, 1.54) is 0 Å². The zero-order chi connectivity index (χ0) is 13.8. The zero-order valence-corrected chi connectivity index (χ0v) is 12.2. The normalized spacial score (nSPS) is 17.6. The van der Waals surface area contributed by atoms with Crippen LogP contribution in [0.25, 0.3) is 6.08 Å². The number of halogens is 1. The van der Waals surface area contributed by atoms with Crippen molar-refractivity contribution in [3.05, 3.63) is 40.4 Å². The molecule has 1 aromatic rings. The van der Waals surface area contributed by atoms with Crippen molar-refractivity contribution in [3.8, 4) is 0 Å². The predicted octanol–water partition coefficient (Wildman–Crippen LogP) is 2.52. The quantitative estimate of drug-likeness (QED) is 0.776. The fourth-order valence-corrected chi connectivity index (χ4v) is 2.26. The van der Waals surface area contributed by atoms with Gasteiger partial charge in [0.05, 0.1) is 0 Å². The van der Waals surface area contributed by atoms with E-state index < -0.39 is 0 Å². The topological polar surface area (TPSA) is 23.6 Å². The van der Waals surface area contributed by atoms with Crippen molar-refractivity contribution in [1.29, 1.82) is 0 Å². The number of rotatable bonds is 2. The van der Waals surface area contributed by atoms with E-state index in [4.69, 9.17) is 11.6 Å². The molecule has 0 N–H and O–H groups in total. The maximum absolute atomic E-state index is 12.3. The van der Waals surface area contributed by atoms with E-state index in [0.717, 1.165) is 37.3 Å².